The number of nitrogens with one attached hydrogen (secondary N) is 1. The van der Waals surface area contributed by atoms with Gasteiger partial charge in [-0.25, -0.2) is 0 Å². The zero-order valence-electron chi connectivity index (χ0n) is 13.7. The summed E-state index contributed by atoms with van der Waals surface area (Å²) in [5, 5.41) is 3.87. The van der Waals surface area contributed by atoms with E-state index in [2.05, 4.69) is 45.1 Å². The van der Waals surface area contributed by atoms with Gasteiger partial charge in [0.15, 0.2) is 0 Å². The van der Waals surface area contributed by atoms with Crippen LogP contribution in [0.4, 0.5) is 0 Å². The van der Waals surface area contributed by atoms with Crippen molar-refractivity contribution in [2.45, 2.75) is 64.5 Å². The van der Waals surface area contributed by atoms with E-state index in [9.17, 15) is 0 Å². The summed E-state index contributed by atoms with van der Waals surface area (Å²) in [6.45, 7) is 9.92. The minimum absolute atomic E-state index is 0.275. The van der Waals surface area contributed by atoms with Crippen molar-refractivity contribution in [2.24, 2.45) is 5.92 Å². The van der Waals surface area contributed by atoms with Crippen molar-refractivity contribution in [3.8, 4) is 0 Å². The number of ether oxygens (including phenoxy) is 1. The molecule has 19 heavy (non-hydrogen) atoms. The summed E-state index contributed by atoms with van der Waals surface area (Å²) >= 11 is 0. The first-order valence-corrected chi connectivity index (χ1v) is 8.10. The lowest BCUT2D eigenvalue weighted by molar-refractivity contribution is 0.00400. The maximum absolute atomic E-state index is 5.55. The lowest BCUT2D eigenvalue weighted by Gasteiger charge is -2.49. The molecule has 0 aliphatic carbocycles. The van der Waals surface area contributed by atoms with Gasteiger partial charge in [-0.05, 0) is 58.7 Å². The Labute approximate surface area is 120 Å². The molecule has 1 unspecified atom stereocenters. The zero-order chi connectivity index (χ0) is 14.3. The lowest BCUT2D eigenvalue weighted by Crippen LogP contribution is -2.62. The third-order valence-electron chi connectivity index (χ3n) is 5.05. The van der Waals surface area contributed by atoms with E-state index in [4.69, 9.17) is 4.74 Å². The quantitative estimate of drug-likeness (QED) is 0.734. The maximum Gasteiger partial charge on any atom is 0.0469 e. The lowest BCUT2D eigenvalue weighted by atomic mass is 9.74. The average Bonchev–Trinajstić information content (AvgIpc) is 2.44. The number of rotatable bonds is 8. The molecule has 1 heterocycles. The summed E-state index contributed by atoms with van der Waals surface area (Å²) in [6.07, 6.45) is 6.02. The molecule has 3 heteroatoms. The number of nitrogens with zero attached hydrogens (tertiary/aromatic N) is 1. The van der Waals surface area contributed by atoms with Gasteiger partial charge < -0.3 is 15.0 Å². The Morgan fingerprint density at radius 3 is 2.16 bits per heavy atom. The van der Waals surface area contributed by atoms with Crippen LogP contribution in [0.3, 0.4) is 0 Å². The Morgan fingerprint density at radius 2 is 1.74 bits per heavy atom. The summed E-state index contributed by atoms with van der Waals surface area (Å²) in [4.78, 5) is 2.45. The molecule has 0 saturated carbocycles. The second-order valence-electron chi connectivity index (χ2n) is 6.09. The number of hydrogen-bond acceptors (Lipinski definition) is 3. The van der Waals surface area contributed by atoms with Crippen LogP contribution < -0.4 is 5.32 Å². The third-order valence-corrected chi connectivity index (χ3v) is 5.05. The molecule has 1 saturated heterocycles. The first-order valence-electron chi connectivity index (χ1n) is 8.10. The van der Waals surface area contributed by atoms with Crippen molar-refractivity contribution in [3.63, 3.8) is 0 Å². The summed E-state index contributed by atoms with van der Waals surface area (Å²) in [5.41, 5.74) is 0.275. The maximum atomic E-state index is 5.55. The molecule has 1 aliphatic heterocycles. The Balaban J connectivity index is 2.90. The van der Waals surface area contributed by atoms with Crippen molar-refractivity contribution in [3.05, 3.63) is 0 Å². The molecular formula is C16H34N2O. The van der Waals surface area contributed by atoms with E-state index in [1.807, 2.05) is 0 Å². The van der Waals surface area contributed by atoms with Crippen LogP contribution >= 0.6 is 0 Å². The van der Waals surface area contributed by atoms with Crippen LogP contribution in [-0.4, -0.2) is 50.3 Å². The topological polar surface area (TPSA) is 24.5 Å². The van der Waals surface area contributed by atoms with Gasteiger partial charge in [-0.2, -0.15) is 0 Å². The van der Waals surface area contributed by atoms with E-state index >= 15 is 0 Å². The highest BCUT2D eigenvalue weighted by atomic mass is 16.5. The van der Waals surface area contributed by atoms with Crippen molar-refractivity contribution >= 4 is 0 Å². The van der Waals surface area contributed by atoms with Gasteiger partial charge in [-0.15, -0.1) is 0 Å². The highest BCUT2D eigenvalue weighted by molar-refractivity contribution is 5.00. The van der Waals surface area contributed by atoms with Crippen LogP contribution in [0.25, 0.3) is 0 Å². The molecule has 0 spiro atoms. The van der Waals surface area contributed by atoms with E-state index in [-0.39, 0.29) is 5.54 Å². The molecule has 114 valence electrons. The second kappa shape index (κ2) is 8.23. The highest BCUT2D eigenvalue weighted by Crippen LogP contribution is 2.34. The molecule has 0 aromatic rings. The summed E-state index contributed by atoms with van der Waals surface area (Å²) in [5.74, 6) is 0.752. The minimum atomic E-state index is 0.275. The molecule has 1 rings (SSSR count). The fourth-order valence-corrected chi connectivity index (χ4v) is 3.74. The van der Waals surface area contributed by atoms with Crippen LogP contribution in [-0.2, 0) is 4.74 Å². The Kier molecular flexibility index (Phi) is 7.33. The summed E-state index contributed by atoms with van der Waals surface area (Å²) in [7, 11) is 4.49. The largest absolute Gasteiger partial charge is 0.381 e. The Bertz CT molecular complexity index is 233. The van der Waals surface area contributed by atoms with Crippen molar-refractivity contribution < 1.29 is 4.74 Å². The first kappa shape index (κ1) is 16.9. The van der Waals surface area contributed by atoms with Gasteiger partial charge in [0.2, 0.25) is 0 Å². The molecule has 3 nitrogen and oxygen atoms in total. The van der Waals surface area contributed by atoms with Gasteiger partial charge in [-0.3, -0.25) is 0 Å². The van der Waals surface area contributed by atoms with Crippen LogP contribution in [0.15, 0.2) is 0 Å². The Hall–Kier alpha value is -0.120. The van der Waals surface area contributed by atoms with Gasteiger partial charge in [0.1, 0.15) is 0 Å². The normalized spacial score (nSPS) is 19.9. The minimum Gasteiger partial charge on any atom is -0.381 e. The molecule has 1 aliphatic rings. The monoisotopic (exact) mass is 270 g/mol. The molecule has 1 atom stereocenters. The molecule has 0 radical (unpaired) electrons. The fourth-order valence-electron chi connectivity index (χ4n) is 3.74. The SMILES string of the molecule is CCCNC(C1CCOCC1)C(CC)(CC)N(C)C. The van der Waals surface area contributed by atoms with E-state index in [0.29, 0.717) is 6.04 Å². The first-order chi connectivity index (χ1) is 9.12. The smallest absolute Gasteiger partial charge is 0.0469 e. The summed E-state index contributed by atoms with van der Waals surface area (Å²) < 4.78 is 5.55. The second-order valence-corrected chi connectivity index (χ2v) is 6.09. The van der Waals surface area contributed by atoms with Gasteiger partial charge in [0.25, 0.3) is 0 Å². The van der Waals surface area contributed by atoms with E-state index in [0.717, 1.165) is 25.7 Å². The van der Waals surface area contributed by atoms with Crippen molar-refractivity contribution in [2.75, 3.05) is 33.9 Å². The van der Waals surface area contributed by atoms with Crippen molar-refractivity contribution in [1.29, 1.82) is 0 Å². The molecule has 0 aromatic carbocycles. The fraction of sp³-hybridized carbons (Fsp3) is 1.00. The Morgan fingerprint density at radius 1 is 1.16 bits per heavy atom. The van der Waals surface area contributed by atoms with E-state index in [1.165, 1.54) is 32.1 Å². The zero-order valence-corrected chi connectivity index (χ0v) is 13.7. The van der Waals surface area contributed by atoms with Crippen LogP contribution in [0.2, 0.25) is 0 Å². The molecule has 0 amide bonds. The molecule has 0 aromatic heterocycles. The van der Waals surface area contributed by atoms with Crippen molar-refractivity contribution in [1.82, 2.24) is 10.2 Å². The average molecular weight is 270 g/mol. The number of likely N-dealkylation sites (N-methyl/N-ethyl adjacent to an activating group) is 1. The third kappa shape index (κ3) is 3.93. The van der Waals surface area contributed by atoms with E-state index < -0.39 is 0 Å². The summed E-state index contributed by atoms with van der Waals surface area (Å²) in [6, 6.07) is 0.585. The van der Waals surface area contributed by atoms with Crippen LogP contribution in [0.1, 0.15) is 52.9 Å². The van der Waals surface area contributed by atoms with Crippen LogP contribution in [0.5, 0.6) is 0 Å². The van der Waals surface area contributed by atoms with E-state index in [1.54, 1.807) is 0 Å². The standard InChI is InChI=1S/C16H34N2O/c1-6-11-17-15(14-9-12-19-13-10-14)16(7-2,8-3)18(4)5/h14-15,17H,6-13H2,1-5H3. The van der Waals surface area contributed by atoms with Gasteiger partial charge in [-0.1, -0.05) is 20.8 Å². The van der Waals surface area contributed by atoms with Crippen LogP contribution in [0, 0.1) is 5.92 Å². The molecule has 1 fully saturated rings. The van der Waals surface area contributed by atoms with Gasteiger partial charge in [0, 0.05) is 24.8 Å². The van der Waals surface area contributed by atoms with Gasteiger partial charge in [0.05, 0.1) is 0 Å². The molecule has 1 N–H and O–H groups in total. The molecule has 0 bridgehead atoms. The molecular weight excluding hydrogens is 236 g/mol. The predicted octanol–water partition coefficient (Wildman–Crippen LogP) is 2.90. The number of hydrogen-bond donors (Lipinski definition) is 1. The predicted molar refractivity (Wildman–Crippen MR) is 82.6 cm³/mol. The highest BCUT2D eigenvalue weighted by Gasteiger charge is 2.41. The van der Waals surface area contributed by atoms with Gasteiger partial charge >= 0.3 is 0 Å².